The molecule has 16 heavy (non-hydrogen) atoms. The van der Waals surface area contributed by atoms with E-state index in [0.29, 0.717) is 5.56 Å². The third-order valence-electron chi connectivity index (χ3n) is 2.48. The first-order chi connectivity index (χ1) is 7.69. The highest BCUT2D eigenvalue weighted by molar-refractivity contribution is 5.99. The molecule has 1 aromatic carbocycles. The van der Waals surface area contributed by atoms with E-state index in [1.165, 1.54) is 5.56 Å². The summed E-state index contributed by atoms with van der Waals surface area (Å²) >= 11 is 0. The van der Waals surface area contributed by atoms with Crippen molar-refractivity contribution in [2.45, 2.75) is 25.9 Å². The van der Waals surface area contributed by atoms with Crippen molar-refractivity contribution in [1.29, 1.82) is 0 Å². The molecule has 0 aliphatic rings. The minimum Gasteiger partial charge on any atom is -0.384 e. The number of aliphatic hydroxyl groups is 1. The second-order valence-electron chi connectivity index (χ2n) is 3.88. The SMILES string of the molecule is CCCc1ccc(C(=O)C(O)CNC)cc1. The van der Waals surface area contributed by atoms with Gasteiger partial charge in [0.2, 0.25) is 0 Å². The van der Waals surface area contributed by atoms with Crippen LogP contribution in [0.15, 0.2) is 24.3 Å². The zero-order valence-electron chi connectivity index (χ0n) is 9.86. The number of ketones is 1. The van der Waals surface area contributed by atoms with Gasteiger partial charge in [-0.25, -0.2) is 0 Å². The fourth-order valence-electron chi connectivity index (χ4n) is 1.60. The minimum atomic E-state index is -0.956. The second kappa shape index (κ2) is 6.40. The van der Waals surface area contributed by atoms with E-state index < -0.39 is 6.10 Å². The molecule has 0 aliphatic heterocycles. The van der Waals surface area contributed by atoms with E-state index in [1.54, 1.807) is 19.2 Å². The summed E-state index contributed by atoms with van der Waals surface area (Å²) in [6.45, 7) is 2.41. The van der Waals surface area contributed by atoms with Gasteiger partial charge >= 0.3 is 0 Å². The van der Waals surface area contributed by atoms with Crippen molar-refractivity contribution in [3.05, 3.63) is 35.4 Å². The number of aliphatic hydroxyl groups excluding tert-OH is 1. The molecule has 0 heterocycles. The van der Waals surface area contributed by atoms with Gasteiger partial charge in [-0.05, 0) is 19.0 Å². The van der Waals surface area contributed by atoms with Crippen LogP contribution in [0.2, 0.25) is 0 Å². The van der Waals surface area contributed by atoms with E-state index in [0.717, 1.165) is 12.8 Å². The molecule has 0 fully saturated rings. The van der Waals surface area contributed by atoms with Gasteiger partial charge in [0.1, 0.15) is 6.10 Å². The van der Waals surface area contributed by atoms with Crippen molar-refractivity contribution in [3.8, 4) is 0 Å². The molecule has 0 radical (unpaired) electrons. The fraction of sp³-hybridized carbons (Fsp3) is 0.462. The van der Waals surface area contributed by atoms with E-state index in [9.17, 15) is 9.90 Å². The number of aryl methyl sites for hydroxylation is 1. The number of hydrogen-bond donors (Lipinski definition) is 2. The first-order valence-electron chi connectivity index (χ1n) is 5.64. The average molecular weight is 221 g/mol. The lowest BCUT2D eigenvalue weighted by Gasteiger charge is -2.09. The first kappa shape index (κ1) is 12.9. The molecule has 0 spiro atoms. The molecule has 1 unspecified atom stereocenters. The van der Waals surface area contributed by atoms with E-state index in [4.69, 9.17) is 0 Å². The van der Waals surface area contributed by atoms with Crippen LogP contribution in [0.1, 0.15) is 29.3 Å². The largest absolute Gasteiger partial charge is 0.384 e. The summed E-state index contributed by atoms with van der Waals surface area (Å²) in [6, 6.07) is 7.46. The highest BCUT2D eigenvalue weighted by Gasteiger charge is 2.15. The Morgan fingerprint density at radius 2 is 2.00 bits per heavy atom. The zero-order valence-corrected chi connectivity index (χ0v) is 9.86. The van der Waals surface area contributed by atoms with Crippen LogP contribution in [0.4, 0.5) is 0 Å². The molecule has 0 aromatic heterocycles. The molecule has 0 aliphatic carbocycles. The topological polar surface area (TPSA) is 49.3 Å². The molecule has 2 N–H and O–H groups in total. The zero-order chi connectivity index (χ0) is 12.0. The lowest BCUT2D eigenvalue weighted by atomic mass is 10.0. The predicted octanol–water partition coefficient (Wildman–Crippen LogP) is 1.40. The second-order valence-corrected chi connectivity index (χ2v) is 3.88. The average Bonchev–Trinajstić information content (AvgIpc) is 2.30. The van der Waals surface area contributed by atoms with Gasteiger partial charge in [-0.15, -0.1) is 0 Å². The Balaban J connectivity index is 2.69. The predicted molar refractivity (Wildman–Crippen MR) is 64.7 cm³/mol. The van der Waals surface area contributed by atoms with Crippen molar-refractivity contribution < 1.29 is 9.90 Å². The Morgan fingerprint density at radius 3 is 2.50 bits per heavy atom. The van der Waals surface area contributed by atoms with Crippen molar-refractivity contribution in [2.24, 2.45) is 0 Å². The number of carbonyl (C=O) groups excluding carboxylic acids is 1. The van der Waals surface area contributed by atoms with Gasteiger partial charge in [0.05, 0.1) is 0 Å². The van der Waals surface area contributed by atoms with E-state index in [-0.39, 0.29) is 12.3 Å². The first-order valence-corrected chi connectivity index (χ1v) is 5.64. The molecular formula is C13H19NO2. The maximum Gasteiger partial charge on any atom is 0.192 e. The van der Waals surface area contributed by atoms with Crippen molar-refractivity contribution in [2.75, 3.05) is 13.6 Å². The van der Waals surface area contributed by atoms with Crippen LogP contribution < -0.4 is 5.32 Å². The van der Waals surface area contributed by atoms with Crippen molar-refractivity contribution in [1.82, 2.24) is 5.32 Å². The molecule has 1 aromatic rings. The lowest BCUT2D eigenvalue weighted by Crippen LogP contribution is -2.31. The van der Waals surface area contributed by atoms with Gasteiger partial charge in [0.15, 0.2) is 5.78 Å². The summed E-state index contributed by atoms with van der Waals surface area (Å²) < 4.78 is 0. The quantitative estimate of drug-likeness (QED) is 0.714. The van der Waals surface area contributed by atoms with Crippen LogP contribution in [-0.2, 0) is 6.42 Å². The smallest absolute Gasteiger partial charge is 0.192 e. The summed E-state index contributed by atoms with van der Waals surface area (Å²) in [5, 5.41) is 12.3. The van der Waals surface area contributed by atoms with Crippen molar-refractivity contribution in [3.63, 3.8) is 0 Å². The molecule has 1 atom stereocenters. The van der Waals surface area contributed by atoms with Gasteiger partial charge in [0.25, 0.3) is 0 Å². The third kappa shape index (κ3) is 3.43. The monoisotopic (exact) mass is 221 g/mol. The molecule has 3 nitrogen and oxygen atoms in total. The van der Waals surface area contributed by atoms with E-state index in [1.807, 2.05) is 12.1 Å². The molecule has 0 bridgehead atoms. The highest BCUT2D eigenvalue weighted by Crippen LogP contribution is 2.08. The van der Waals surface area contributed by atoms with Crippen LogP contribution in [0.3, 0.4) is 0 Å². The normalized spacial score (nSPS) is 12.4. The number of nitrogens with one attached hydrogen (secondary N) is 1. The summed E-state index contributed by atoms with van der Waals surface area (Å²) in [7, 11) is 1.71. The maximum absolute atomic E-state index is 11.7. The minimum absolute atomic E-state index is 0.225. The Bertz CT molecular complexity index is 332. The summed E-state index contributed by atoms with van der Waals surface area (Å²) in [4.78, 5) is 11.7. The van der Waals surface area contributed by atoms with Crippen LogP contribution in [0, 0.1) is 0 Å². The van der Waals surface area contributed by atoms with Crippen LogP contribution in [0.25, 0.3) is 0 Å². The molecular weight excluding hydrogens is 202 g/mol. The Hall–Kier alpha value is -1.19. The number of likely N-dealkylation sites (N-methyl/N-ethyl adjacent to an activating group) is 1. The van der Waals surface area contributed by atoms with Gasteiger partial charge < -0.3 is 10.4 Å². The van der Waals surface area contributed by atoms with Crippen molar-refractivity contribution >= 4 is 5.78 Å². The summed E-state index contributed by atoms with van der Waals surface area (Å²) in [6.07, 6.45) is 1.16. The fourth-order valence-corrected chi connectivity index (χ4v) is 1.60. The molecule has 88 valence electrons. The number of Topliss-reactive ketones (excluding diaryl/α,β-unsaturated/α-hetero) is 1. The molecule has 3 heteroatoms. The molecule has 1 rings (SSSR count). The number of rotatable bonds is 6. The number of benzene rings is 1. The molecule has 0 saturated carbocycles. The van der Waals surface area contributed by atoms with E-state index in [2.05, 4.69) is 12.2 Å². The number of carbonyl (C=O) groups is 1. The maximum atomic E-state index is 11.7. The van der Waals surface area contributed by atoms with Gasteiger partial charge in [-0.1, -0.05) is 37.6 Å². The highest BCUT2D eigenvalue weighted by atomic mass is 16.3. The standard InChI is InChI=1S/C13H19NO2/c1-3-4-10-5-7-11(8-6-10)13(16)12(15)9-14-2/h5-8,12,14-15H,3-4,9H2,1-2H3. The summed E-state index contributed by atoms with van der Waals surface area (Å²) in [5.74, 6) is -0.225. The van der Waals surface area contributed by atoms with Crippen LogP contribution in [0.5, 0.6) is 0 Å². The summed E-state index contributed by atoms with van der Waals surface area (Å²) in [5.41, 5.74) is 1.80. The third-order valence-corrected chi connectivity index (χ3v) is 2.48. The van der Waals surface area contributed by atoms with E-state index >= 15 is 0 Å². The van der Waals surface area contributed by atoms with Crippen LogP contribution >= 0.6 is 0 Å². The number of hydrogen-bond acceptors (Lipinski definition) is 3. The van der Waals surface area contributed by atoms with Gasteiger partial charge in [-0.3, -0.25) is 4.79 Å². The molecule has 0 saturated heterocycles. The molecule has 0 amide bonds. The Kier molecular flexibility index (Phi) is 5.15. The Morgan fingerprint density at radius 1 is 1.38 bits per heavy atom. The van der Waals surface area contributed by atoms with Crippen LogP contribution in [-0.4, -0.2) is 30.6 Å². The lowest BCUT2D eigenvalue weighted by molar-refractivity contribution is 0.0750. The van der Waals surface area contributed by atoms with Gasteiger partial charge in [0, 0.05) is 12.1 Å². The van der Waals surface area contributed by atoms with Gasteiger partial charge in [-0.2, -0.15) is 0 Å². The Labute approximate surface area is 96.5 Å².